The van der Waals surface area contributed by atoms with Crippen molar-refractivity contribution in [2.45, 2.75) is 18.9 Å². The van der Waals surface area contributed by atoms with Gasteiger partial charge >= 0.3 is 0 Å². The van der Waals surface area contributed by atoms with Gasteiger partial charge in [0.25, 0.3) is 0 Å². The van der Waals surface area contributed by atoms with Gasteiger partial charge in [0.15, 0.2) is 0 Å². The maximum atomic E-state index is 4.60. The standard InChI is InChI=1S/C13H17N3S/c1-14-9-10-3-2-7-16(10)13-11-5-8-17-12(11)4-6-15-13/h4-6,8,10,14H,2-3,7,9H2,1H3. The van der Waals surface area contributed by atoms with E-state index >= 15 is 0 Å². The minimum atomic E-state index is 0.595. The molecule has 0 amide bonds. The van der Waals surface area contributed by atoms with Gasteiger partial charge in [0.1, 0.15) is 5.82 Å². The number of aromatic nitrogens is 1. The quantitative estimate of drug-likeness (QED) is 0.903. The first-order chi connectivity index (χ1) is 8.40. The SMILES string of the molecule is CNCC1CCCN1c1nccc2sccc12. The summed E-state index contributed by atoms with van der Waals surface area (Å²) in [5.74, 6) is 1.17. The second-order valence-corrected chi connectivity index (χ2v) is 5.46. The van der Waals surface area contributed by atoms with Crippen LogP contribution in [0.15, 0.2) is 23.7 Å². The molecule has 2 aromatic heterocycles. The Balaban J connectivity index is 1.99. The zero-order valence-corrected chi connectivity index (χ0v) is 10.8. The molecule has 4 heteroatoms. The highest BCUT2D eigenvalue weighted by Crippen LogP contribution is 2.32. The number of hydrogen-bond acceptors (Lipinski definition) is 4. The number of likely N-dealkylation sites (N-methyl/N-ethyl adjacent to an activating group) is 1. The summed E-state index contributed by atoms with van der Waals surface area (Å²) in [6.45, 7) is 2.18. The highest BCUT2D eigenvalue weighted by atomic mass is 32.1. The third-order valence-corrected chi connectivity index (χ3v) is 4.33. The summed E-state index contributed by atoms with van der Waals surface area (Å²) in [5, 5.41) is 6.74. The minimum absolute atomic E-state index is 0.595. The largest absolute Gasteiger partial charge is 0.352 e. The van der Waals surface area contributed by atoms with Crippen LogP contribution in [0.4, 0.5) is 5.82 Å². The average Bonchev–Trinajstić information content (AvgIpc) is 2.96. The smallest absolute Gasteiger partial charge is 0.137 e. The molecule has 0 aromatic carbocycles. The summed E-state index contributed by atoms with van der Waals surface area (Å²) in [7, 11) is 2.02. The van der Waals surface area contributed by atoms with Gasteiger partial charge in [-0.3, -0.25) is 0 Å². The van der Waals surface area contributed by atoms with Crippen molar-refractivity contribution in [1.82, 2.24) is 10.3 Å². The fourth-order valence-electron chi connectivity index (χ4n) is 2.67. The van der Waals surface area contributed by atoms with Crippen molar-refractivity contribution in [2.75, 3.05) is 25.0 Å². The highest BCUT2D eigenvalue weighted by Gasteiger charge is 2.26. The number of nitrogens with one attached hydrogen (secondary N) is 1. The van der Waals surface area contributed by atoms with Gasteiger partial charge in [0, 0.05) is 35.4 Å². The predicted molar refractivity (Wildman–Crippen MR) is 73.9 cm³/mol. The number of rotatable bonds is 3. The van der Waals surface area contributed by atoms with E-state index in [1.807, 2.05) is 13.2 Å². The first kappa shape index (κ1) is 11.0. The van der Waals surface area contributed by atoms with Crippen LogP contribution >= 0.6 is 11.3 Å². The molecule has 0 saturated carbocycles. The summed E-state index contributed by atoms with van der Waals surface area (Å²) < 4.78 is 1.34. The lowest BCUT2D eigenvalue weighted by atomic mass is 10.2. The third-order valence-electron chi connectivity index (χ3n) is 3.45. The van der Waals surface area contributed by atoms with Crippen molar-refractivity contribution in [2.24, 2.45) is 0 Å². The van der Waals surface area contributed by atoms with Gasteiger partial charge in [-0.1, -0.05) is 0 Å². The Morgan fingerprint density at radius 2 is 2.47 bits per heavy atom. The van der Waals surface area contributed by atoms with Crippen molar-refractivity contribution in [3.05, 3.63) is 23.7 Å². The molecule has 2 aromatic rings. The summed E-state index contributed by atoms with van der Waals surface area (Å²) in [5.41, 5.74) is 0. The summed E-state index contributed by atoms with van der Waals surface area (Å²) in [6.07, 6.45) is 4.47. The summed E-state index contributed by atoms with van der Waals surface area (Å²) in [6, 6.07) is 4.89. The maximum absolute atomic E-state index is 4.60. The van der Waals surface area contributed by atoms with Gasteiger partial charge in [-0.15, -0.1) is 11.3 Å². The highest BCUT2D eigenvalue weighted by molar-refractivity contribution is 7.17. The zero-order chi connectivity index (χ0) is 11.7. The topological polar surface area (TPSA) is 28.2 Å². The van der Waals surface area contributed by atoms with Crippen molar-refractivity contribution in [3.8, 4) is 0 Å². The molecule has 3 heterocycles. The van der Waals surface area contributed by atoms with Crippen molar-refractivity contribution < 1.29 is 0 Å². The summed E-state index contributed by atoms with van der Waals surface area (Å²) >= 11 is 1.79. The van der Waals surface area contributed by atoms with E-state index in [-0.39, 0.29) is 0 Å². The van der Waals surface area contributed by atoms with Gasteiger partial charge in [-0.2, -0.15) is 0 Å². The normalized spacial score (nSPS) is 20.3. The van der Waals surface area contributed by atoms with Gasteiger partial charge in [0.2, 0.25) is 0 Å². The summed E-state index contributed by atoms with van der Waals surface area (Å²) in [4.78, 5) is 7.06. The third kappa shape index (κ3) is 1.91. The Hall–Kier alpha value is -1.13. The lowest BCUT2D eigenvalue weighted by Crippen LogP contribution is -2.37. The van der Waals surface area contributed by atoms with Crippen LogP contribution in [0.5, 0.6) is 0 Å². The second kappa shape index (κ2) is 4.63. The molecule has 90 valence electrons. The molecular formula is C13H17N3S. The fourth-order valence-corrected chi connectivity index (χ4v) is 3.45. The molecule has 0 bridgehead atoms. The molecule has 0 spiro atoms. The predicted octanol–water partition coefficient (Wildman–Crippen LogP) is 2.48. The minimum Gasteiger partial charge on any atom is -0.352 e. The number of fused-ring (bicyclic) bond motifs is 1. The molecule has 1 saturated heterocycles. The van der Waals surface area contributed by atoms with Crippen molar-refractivity contribution in [3.63, 3.8) is 0 Å². The van der Waals surface area contributed by atoms with Crippen LogP contribution in [0.1, 0.15) is 12.8 Å². The number of pyridine rings is 1. The van der Waals surface area contributed by atoms with Gasteiger partial charge in [-0.05, 0) is 37.4 Å². The molecule has 0 aliphatic carbocycles. The Kier molecular flexibility index (Phi) is 2.99. The van der Waals surface area contributed by atoms with Crippen LogP contribution in [0.3, 0.4) is 0 Å². The number of anilines is 1. The average molecular weight is 247 g/mol. The first-order valence-electron chi connectivity index (χ1n) is 6.13. The van der Waals surface area contributed by atoms with Crippen LogP contribution in [0.25, 0.3) is 10.1 Å². The second-order valence-electron chi connectivity index (χ2n) is 4.51. The van der Waals surface area contributed by atoms with E-state index in [0.717, 1.165) is 13.1 Å². The number of thiophene rings is 1. The van der Waals surface area contributed by atoms with E-state index in [4.69, 9.17) is 0 Å². The van der Waals surface area contributed by atoms with E-state index in [0.29, 0.717) is 6.04 Å². The molecule has 1 atom stereocenters. The zero-order valence-electron chi connectivity index (χ0n) is 10.0. The van der Waals surface area contributed by atoms with Crippen LogP contribution < -0.4 is 10.2 Å². The molecule has 1 fully saturated rings. The lowest BCUT2D eigenvalue weighted by molar-refractivity contribution is 0.613. The monoisotopic (exact) mass is 247 g/mol. The number of nitrogens with zero attached hydrogens (tertiary/aromatic N) is 2. The van der Waals surface area contributed by atoms with Crippen LogP contribution in [-0.2, 0) is 0 Å². The van der Waals surface area contributed by atoms with Crippen molar-refractivity contribution >= 4 is 27.2 Å². The van der Waals surface area contributed by atoms with E-state index in [2.05, 4.69) is 32.7 Å². The van der Waals surface area contributed by atoms with Gasteiger partial charge in [-0.25, -0.2) is 4.98 Å². The Bertz CT molecular complexity index is 508. The van der Waals surface area contributed by atoms with E-state index in [9.17, 15) is 0 Å². The molecule has 17 heavy (non-hydrogen) atoms. The van der Waals surface area contributed by atoms with E-state index in [1.165, 1.54) is 28.7 Å². The Morgan fingerprint density at radius 1 is 1.53 bits per heavy atom. The van der Waals surface area contributed by atoms with Crippen LogP contribution in [0, 0.1) is 0 Å². The molecule has 1 N–H and O–H groups in total. The lowest BCUT2D eigenvalue weighted by Gasteiger charge is -2.26. The Labute approximate surface area is 105 Å². The fraction of sp³-hybridized carbons (Fsp3) is 0.462. The number of hydrogen-bond donors (Lipinski definition) is 1. The van der Waals surface area contributed by atoms with Crippen LogP contribution in [-0.4, -0.2) is 31.2 Å². The molecule has 3 nitrogen and oxygen atoms in total. The molecule has 1 unspecified atom stereocenters. The first-order valence-corrected chi connectivity index (χ1v) is 7.01. The molecule has 1 aliphatic rings. The molecular weight excluding hydrogens is 230 g/mol. The van der Waals surface area contributed by atoms with E-state index < -0.39 is 0 Å². The molecule has 1 aliphatic heterocycles. The Morgan fingerprint density at radius 3 is 3.35 bits per heavy atom. The van der Waals surface area contributed by atoms with E-state index in [1.54, 1.807) is 11.3 Å². The molecule has 3 rings (SSSR count). The van der Waals surface area contributed by atoms with Gasteiger partial charge < -0.3 is 10.2 Å². The maximum Gasteiger partial charge on any atom is 0.137 e. The molecule has 0 radical (unpaired) electrons. The van der Waals surface area contributed by atoms with Gasteiger partial charge in [0.05, 0.1) is 0 Å². The van der Waals surface area contributed by atoms with Crippen LogP contribution in [0.2, 0.25) is 0 Å². The van der Waals surface area contributed by atoms with Crippen molar-refractivity contribution in [1.29, 1.82) is 0 Å².